The standard InChI is InChI=1S/C15H19N3O/c1-11(2)8-14-9-12(10-15(16)19)17-18(14)13-6-4-3-5-7-13/h3-7,9,11H,8,10H2,1-2H3,(H2,16,19). The number of primary amides is 1. The Bertz CT molecular complexity index is 558. The number of nitrogens with two attached hydrogens (primary N) is 1. The lowest BCUT2D eigenvalue weighted by Crippen LogP contribution is -2.14. The van der Waals surface area contributed by atoms with Gasteiger partial charge in [0, 0.05) is 5.69 Å². The van der Waals surface area contributed by atoms with Gasteiger partial charge in [-0.1, -0.05) is 32.0 Å². The largest absolute Gasteiger partial charge is 0.369 e. The van der Waals surface area contributed by atoms with E-state index < -0.39 is 0 Å². The molecule has 0 unspecified atom stereocenters. The van der Waals surface area contributed by atoms with Gasteiger partial charge in [0.15, 0.2) is 0 Å². The van der Waals surface area contributed by atoms with Crippen LogP contribution in [0, 0.1) is 5.92 Å². The Balaban J connectivity index is 2.39. The molecule has 1 amide bonds. The van der Waals surface area contributed by atoms with E-state index in [0.717, 1.165) is 23.5 Å². The molecule has 100 valence electrons. The first kappa shape index (κ1) is 13.3. The molecule has 0 aliphatic rings. The molecule has 19 heavy (non-hydrogen) atoms. The van der Waals surface area contributed by atoms with Crippen molar-refractivity contribution in [1.82, 2.24) is 9.78 Å². The summed E-state index contributed by atoms with van der Waals surface area (Å²) in [4.78, 5) is 11.0. The summed E-state index contributed by atoms with van der Waals surface area (Å²) in [6.07, 6.45) is 1.10. The summed E-state index contributed by atoms with van der Waals surface area (Å²) >= 11 is 0. The third-order valence-corrected chi connectivity index (χ3v) is 2.81. The van der Waals surface area contributed by atoms with Crippen molar-refractivity contribution in [3.8, 4) is 5.69 Å². The normalized spacial score (nSPS) is 10.9. The highest BCUT2D eigenvalue weighted by atomic mass is 16.1. The lowest BCUT2D eigenvalue weighted by molar-refractivity contribution is -0.117. The first-order valence-corrected chi connectivity index (χ1v) is 6.48. The molecular formula is C15H19N3O. The monoisotopic (exact) mass is 257 g/mol. The van der Waals surface area contributed by atoms with Crippen LogP contribution in [-0.2, 0) is 17.6 Å². The molecule has 0 bridgehead atoms. The van der Waals surface area contributed by atoms with Crippen LogP contribution in [-0.4, -0.2) is 15.7 Å². The quantitative estimate of drug-likeness (QED) is 0.891. The topological polar surface area (TPSA) is 60.9 Å². The molecule has 0 saturated carbocycles. The van der Waals surface area contributed by atoms with Crippen molar-refractivity contribution in [2.45, 2.75) is 26.7 Å². The van der Waals surface area contributed by atoms with Gasteiger partial charge in [0.1, 0.15) is 0 Å². The molecule has 2 rings (SSSR count). The molecule has 0 fully saturated rings. The number of carbonyl (C=O) groups excluding carboxylic acids is 1. The fourth-order valence-electron chi connectivity index (χ4n) is 2.10. The Morgan fingerprint density at radius 2 is 2.00 bits per heavy atom. The maximum absolute atomic E-state index is 11.0. The van der Waals surface area contributed by atoms with Crippen molar-refractivity contribution in [1.29, 1.82) is 0 Å². The van der Waals surface area contributed by atoms with Gasteiger partial charge in [-0.25, -0.2) is 4.68 Å². The number of nitrogens with zero attached hydrogens (tertiary/aromatic N) is 2. The van der Waals surface area contributed by atoms with Gasteiger partial charge in [0.25, 0.3) is 0 Å². The van der Waals surface area contributed by atoms with Gasteiger partial charge in [-0.05, 0) is 30.5 Å². The van der Waals surface area contributed by atoms with Crippen LogP contribution in [0.4, 0.5) is 0 Å². The number of amides is 1. The van der Waals surface area contributed by atoms with Gasteiger partial charge in [0.2, 0.25) is 5.91 Å². The van der Waals surface area contributed by atoms with Gasteiger partial charge in [-0.2, -0.15) is 5.10 Å². The van der Waals surface area contributed by atoms with E-state index in [4.69, 9.17) is 5.73 Å². The van der Waals surface area contributed by atoms with Crippen molar-refractivity contribution in [2.24, 2.45) is 11.7 Å². The van der Waals surface area contributed by atoms with E-state index in [1.54, 1.807) is 0 Å². The van der Waals surface area contributed by atoms with Gasteiger partial charge in [0.05, 0.1) is 17.8 Å². The molecule has 0 radical (unpaired) electrons. The fourth-order valence-corrected chi connectivity index (χ4v) is 2.10. The summed E-state index contributed by atoms with van der Waals surface area (Å²) in [6, 6.07) is 11.9. The van der Waals surface area contributed by atoms with Crippen LogP contribution in [0.5, 0.6) is 0 Å². The Morgan fingerprint density at radius 1 is 1.32 bits per heavy atom. The number of carbonyl (C=O) groups is 1. The first-order chi connectivity index (χ1) is 9.06. The molecule has 2 N–H and O–H groups in total. The third kappa shape index (κ3) is 3.44. The molecule has 2 aromatic rings. The number of rotatable bonds is 5. The second-order valence-corrected chi connectivity index (χ2v) is 5.12. The van der Waals surface area contributed by atoms with Crippen LogP contribution < -0.4 is 5.73 Å². The summed E-state index contributed by atoms with van der Waals surface area (Å²) < 4.78 is 1.90. The van der Waals surface area contributed by atoms with E-state index in [9.17, 15) is 4.79 Å². The van der Waals surface area contributed by atoms with E-state index in [0.29, 0.717) is 5.92 Å². The molecule has 0 aliphatic heterocycles. The van der Waals surface area contributed by atoms with Gasteiger partial charge >= 0.3 is 0 Å². The maximum Gasteiger partial charge on any atom is 0.223 e. The lowest BCUT2D eigenvalue weighted by atomic mass is 10.1. The zero-order valence-electron chi connectivity index (χ0n) is 11.3. The maximum atomic E-state index is 11.0. The summed E-state index contributed by atoms with van der Waals surface area (Å²) in [6.45, 7) is 4.33. The average Bonchev–Trinajstić information content (AvgIpc) is 2.71. The highest BCUT2D eigenvalue weighted by molar-refractivity contribution is 5.76. The molecule has 0 saturated heterocycles. The van der Waals surface area contributed by atoms with Crippen molar-refractivity contribution in [3.05, 3.63) is 47.8 Å². The Hall–Kier alpha value is -2.10. The van der Waals surface area contributed by atoms with E-state index in [1.165, 1.54) is 0 Å². The highest BCUT2D eigenvalue weighted by Gasteiger charge is 2.12. The first-order valence-electron chi connectivity index (χ1n) is 6.48. The third-order valence-electron chi connectivity index (χ3n) is 2.81. The number of hydrogen-bond acceptors (Lipinski definition) is 2. The molecule has 0 spiro atoms. The molecular weight excluding hydrogens is 238 g/mol. The molecule has 4 nitrogen and oxygen atoms in total. The average molecular weight is 257 g/mol. The van der Waals surface area contributed by atoms with Crippen molar-refractivity contribution >= 4 is 5.91 Å². The van der Waals surface area contributed by atoms with Gasteiger partial charge < -0.3 is 5.73 Å². The fraction of sp³-hybridized carbons (Fsp3) is 0.333. The van der Waals surface area contributed by atoms with Crippen LogP contribution in [0.25, 0.3) is 5.69 Å². The summed E-state index contributed by atoms with van der Waals surface area (Å²) in [5.41, 5.74) is 8.08. The minimum atomic E-state index is -0.353. The Kier molecular flexibility index (Phi) is 4.00. The lowest BCUT2D eigenvalue weighted by Gasteiger charge is -2.08. The zero-order chi connectivity index (χ0) is 13.8. The van der Waals surface area contributed by atoms with E-state index >= 15 is 0 Å². The van der Waals surface area contributed by atoms with Crippen LogP contribution in [0.15, 0.2) is 36.4 Å². The summed E-state index contributed by atoms with van der Waals surface area (Å²) in [5, 5.41) is 4.49. The zero-order valence-corrected chi connectivity index (χ0v) is 11.3. The minimum absolute atomic E-state index is 0.185. The number of aromatic nitrogens is 2. The Morgan fingerprint density at radius 3 is 2.58 bits per heavy atom. The van der Waals surface area contributed by atoms with Crippen molar-refractivity contribution in [2.75, 3.05) is 0 Å². The molecule has 0 aliphatic carbocycles. The predicted molar refractivity (Wildman–Crippen MR) is 75.0 cm³/mol. The SMILES string of the molecule is CC(C)Cc1cc(CC(N)=O)nn1-c1ccccc1. The van der Waals surface area contributed by atoms with Crippen LogP contribution >= 0.6 is 0 Å². The highest BCUT2D eigenvalue weighted by Crippen LogP contribution is 2.16. The number of hydrogen-bond donors (Lipinski definition) is 1. The number of benzene rings is 1. The predicted octanol–water partition coefficient (Wildman–Crippen LogP) is 2.10. The molecule has 4 heteroatoms. The van der Waals surface area contributed by atoms with Crippen molar-refractivity contribution < 1.29 is 4.79 Å². The van der Waals surface area contributed by atoms with E-state index in [1.807, 2.05) is 41.1 Å². The number of para-hydroxylation sites is 1. The second-order valence-electron chi connectivity index (χ2n) is 5.12. The molecule has 1 heterocycles. The summed E-state index contributed by atoms with van der Waals surface area (Å²) in [7, 11) is 0. The van der Waals surface area contributed by atoms with E-state index in [-0.39, 0.29) is 12.3 Å². The second kappa shape index (κ2) is 5.69. The minimum Gasteiger partial charge on any atom is -0.369 e. The van der Waals surface area contributed by atoms with Crippen LogP contribution in [0.2, 0.25) is 0 Å². The van der Waals surface area contributed by atoms with Gasteiger partial charge in [-0.15, -0.1) is 0 Å². The molecule has 1 aromatic heterocycles. The van der Waals surface area contributed by atoms with E-state index in [2.05, 4.69) is 18.9 Å². The molecule has 1 aromatic carbocycles. The van der Waals surface area contributed by atoms with Gasteiger partial charge in [-0.3, -0.25) is 4.79 Å². The van der Waals surface area contributed by atoms with Crippen LogP contribution in [0.3, 0.4) is 0 Å². The Labute approximate surface area is 113 Å². The van der Waals surface area contributed by atoms with Crippen LogP contribution in [0.1, 0.15) is 25.2 Å². The molecule has 0 atom stereocenters. The smallest absolute Gasteiger partial charge is 0.223 e. The van der Waals surface area contributed by atoms with Crippen molar-refractivity contribution in [3.63, 3.8) is 0 Å². The summed E-state index contributed by atoms with van der Waals surface area (Å²) in [5.74, 6) is 0.175.